The summed E-state index contributed by atoms with van der Waals surface area (Å²) in [6.07, 6.45) is 16.3. The lowest BCUT2D eigenvalue weighted by atomic mass is 10.1. The van der Waals surface area contributed by atoms with Gasteiger partial charge in [-0.05, 0) is 18.4 Å². The minimum Gasteiger partial charge on any atom is -0.446 e. The van der Waals surface area contributed by atoms with E-state index in [4.69, 9.17) is 10.2 Å². The Kier molecular flexibility index (Phi) is 11.9. The van der Waals surface area contributed by atoms with Crippen LogP contribution in [0.15, 0.2) is 41.0 Å². The van der Waals surface area contributed by atoms with Gasteiger partial charge in [-0.25, -0.2) is 4.98 Å². The Morgan fingerprint density at radius 3 is 2.20 bits per heavy atom. The maximum atomic E-state index is 12.2. The summed E-state index contributed by atoms with van der Waals surface area (Å²) in [4.78, 5) is 16.5. The smallest absolute Gasteiger partial charge is 0.273 e. The van der Waals surface area contributed by atoms with Gasteiger partial charge in [-0.2, -0.15) is 0 Å². The van der Waals surface area contributed by atoms with Gasteiger partial charge in [-0.1, -0.05) is 101 Å². The van der Waals surface area contributed by atoms with Crippen molar-refractivity contribution in [2.45, 2.75) is 90.0 Å². The monoisotopic (exact) mass is 413 g/mol. The van der Waals surface area contributed by atoms with E-state index in [1.54, 1.807) is 0 Å². The molecule has 166 valence electrons. The quantitative estimate of drug-likeness (QED) is 0.333. The largest absolute Gasteiger partial charge is 0.446 e. The minimum absolute atomic E-state index is 0.191. The first-order valence-electron chi connectivity index (χ1n) is 11.7. The molecule has 5 heteroatoms. The number of oxazole rings is 1. The molecule has 2 aromatic rings. The summed E-state index contributed by atoms with van der Waals surface area (Å²) in [6.45, 7) is 2.93. The van der Waals surface area contributed by atoms with Crippen LogP contribution in [0, 0.1) is 0 Å². The van der Waals surface area contributed by atoms with Crippen molar-refractivity contribution in [3.8, 4) is 0 Å². The van der Waals surface area contributed by atoms with E-state index in [2.05, 4.69) is 17.2 Å². The molecule has 0 aliphatic carbocycles. The Morgan fingerprint density at radius 1 is 0.967 bits per heavy atom. The van der Waals surface area contributed by atoms with Gasteiger partial charge in [0.25, 0.3) is 5.91 Å². The Labute approximate surface area is 181 Å². The molecule has 1 amide bonds. The molecule has 0 aliphatic heterocycles. The molecular weight excluding hydrogens is 374 g/mol. The van der Waals surface area contributed by atoms with E-state index in [1.807, 2.05) is 30.3 Å². The van der Waals surface area contributed by atoms with E-state index >= 15 is 0 Å². The number of rotatable bonds is 16. The SMILES string of the molecule is CCCCCCCCCCCCCNC(=O)c1coc(C(N)Cc2ccccc2)n1. The fourth-order valence-corrected chi connectivity index (χ4v) is 3.60. The molecule has 0 aliphatic rings. The summed E-state index contributed by atoms with van der Waals surface area (Å²) >= 11 is 0. The summed E-state index contributed by atoms with van der Waals surface area (Å²) in [5, 5.41) is 2.93. The lowest BCUT2D eigenvalue weighted by molar-refractivity contribution is 0.0948. The number of amides is 1. The topological polar surface area (TPSA) is 81.2 Å². The number of nitrogens with one attached hydrogen (secondary N) is 1. The maximum Gasteiger partial charge on any atom is 0.273 e. The second-order valence-corrected chi connectivity index (χ2v) is 8.16. The Hall–Kier alpha value is -2.14. The zero-order chi connectivity index (χ0) is 21.4. The van der Waals surface area contributed by atoms with Crippen LogP contribution in [-0.4, -0.2) is 17.4 Å². The van der Waals surface area contributed by atoms with Crippen LogP contribution in [0.5, 0.6) is 0 Å². The van der Waals surface area contributed by atoms with Gasteiger partial charge in [0.05, 0.1) is 6.04 Å². The minimum atomic E-state index is -0.361. The molecule has 5 nitrogen and oxygen atoms in total. The van der Waals surface area contributed by atoms with E-state index in [1.165, 1.54) is 64.1 Å². The van der Waals surface area contributed by atoms with Crippen LogP contribution in [0.2, 0.25) is 0 Å². The highest BCUT2D eigenvalue weighted by Crippen LogP contribution is 2.16. The highest BCUT2D eigenvalue weighted by Gasteiger charge is 2.17. The van der Waals surface area contributed by atoms with Gasteiger partial charge < -0.3 is 15.5 Å². The van der Waals surface area contributed by atoms with Crippen molar-refractivity contribution < 1.29 is 9.21 Å². The summed E-state index contributed by atoms with van der Waals surface area (Å²) in [7, 11) is 0. The molecular formula is C25H39N3O2. The molecule has 0 saturated heterocycles. The van der Waals surface area contributed by atoms with Crippen molar-refractivity contribution in [3.05, 3.63) is 53.7 Å². The maximum absolute atomic E-state index is 12.2. The number of carbonyl (C=O) groups excluding carboxylic acids is 1. The Morgan fingerprint density at radius 2 is 1.57 bits per heavy atom. The number of benzene rings is 1. The van der Waals surface area contributed by atoms with Crippen molar-refractivity contribution in [2.75, 3.05) is 6.54 Å². The summed E-state index contributed by atoms with van der Waals surface area (Å²) < 4.78 is 5.44. The summed E-state index contributed by atoms with van der Waals surface area (Å²) in [6, 6.07) is 9.60. The van der Waals surface area contributed by atoms with Gasteiger partial charge in [0.2, 0.25) is 5.89 Å². The first kappa shape index (κ1) is 24.1. The predicted octanol–water partition coefficient (Wildman–Crippen LogP) is 5.96. The molecule has 0 fully saturated rings. The van der Waals surface area contributed by atoms with Gasteiger partial charge >= 0.3 is 0 Å². The van der Waals surface area contributed by atoms with Crippen molar-refractivity contribution in [2.24, 2.45) is 5.73 Å². The van der Waals surface area contributed by atoms with Crippen molar-refractivity contribution in [1.29, 1.82) is 0 Å². The number of aromatic nitrogens is 1. The molecule has 2 rings (SSSR count). The number of hydrogen-bond acceptors (Lipinski definition) is 4. The van der Waals surface area contributed by atoms with Crippen LogP contribution in [0.4, 0.5) is 0 Å². The molecule has 1 unspecified atom stereocenters. The van der Waals surface area contributed by atoms with Crippen molar-refractivity contribution in [3.63, 3.8) is 0 Å². The summed E-state index contributed by atoms with van der Waals surface area (Å²) in [5.41, 5.74) is 7.59. The van der Waals surface area contributed by atoms with Crippen LogP contribution in [-0.2, 0) is 6.42 Å². The normalized spacial score (nSPS) is 12.1. The van der Waals surface area contributed by atoms with E-state index in [-0.39, 0.29) is 11.9 Å². The van der Waals surface area contributed by atoms with Crippen LogP contribution in [0.1, 0.15) is 106 Å². The standard InChI is InChI=1S/C25H39N3O2/c1-2-3-4-5-6-7-8-9-10-11-15-18-27-24(29)23-20-30-25(28-23)22(26)19-21-16-13-12-14-17-21/h12-14,16-17,20,22H,2-11,15,18-19,26H2,1H3,(H,27,29). The molecule has 1 atom stereocenters. The molecule has 0 bridgehead atoms. The van der Waals surface area contributed by atoms with E-state index in [0.717, 1.165) is 18.4 Å². The van der Waals surface area contributed by atoms with Crippen LogP contribution in [0.25, 0.3) is 0 Å². The predicted molar refractivity (Wildman–Crippen MR) is 122 cm³/mol. The van der Waals surface area contributed by atoms with Crippen molar-refractivity contribution in [1.82, 2.24) is 10.3 Å². The zero-order valence-corrected chi connectivity index (χ0v) is 18.6. The van der Waals surface area contributed by atoms with E-state index in [0.29, 0.717) is 24.6 Å². The average molecular weight is 414 g/mol. The second-order valence-electron chi connectivity index (χ2n) is 8.16. The summed E-state index contributed by atoms with van der Waals surface area (Å²) in [5.74, 6) is 0.211. The fraction of sp³-hybridized carbons (Fsp3) is 0.600. The lowest BCUT2D eigenvalue weighted by Crippen LogP contribution is -2.25. The Balaban J connectivity index is 1.53. The lowest BCUT2D eigenvalue weighted by Gasteiger charge is -2.07. The van der Waals surface area contributed by atoms with Gasteiger partial charge in [-0.3, -0.25) is 4.79 Å². The number of hydrogen-bond donors (Lipinski definition) is 2. The van der Waals surface area contributed by atoms with Crippen LogP contribution < -0.4 is 11.1 Å². The molecule has 3 N–H and O–H groups in total. The van der Waals surface area contributed by atoms with Crippen LogP contribution >= 0.6 is 0 Å². The first-order chi connectivity index (χ1) is 14.7. The Bertz CT molecular complexity index is 699. The second kappa shape index (κ2) is 14.8. The molecule has 0 saturated carbocycles. The third-order valence-corrected chi connectivity index (χ3v) is 5.44. The third kappa shape index (κ3) is 9.57. The zero-order valence-electron chi connectivity index (χ0n) is 18.6. The average Bonchev–Trinajstić information content (AvgIpc) is 3.26. The number of nitrogens with zero attached hydrogens (tertiary/aromatic N) is 1. The first-order valence-corrected chi connectivity index (χ1v) is 11.7. The molecule has 1 aromatic carbocycles. The van der Waals surface area contributed by atoms with Gasteiger partial charge in [0.1, 0.15) is 6.26 Å². The number of carbonyl (C=O) groups is 1. The van der Waals surface area contributed by atoms with E-state index in [9.17, 15) is 4.79 Å². The highest BCUT2D eigenvalue weighted by atomic mass is 16.3. The third-order valence-electron chi connectivity index (χ3n) is 5.44. The molecule has 30 heavy (non-hydrogen) atoms. The molecule has 1 aromatic heterocycles. The number of nitrogens with two attached hydrogens (primary N) is 1. The highest BCUT2D eigenvalue weighted by molar-refractivity contribution is 5.91. The van der Waals surface area contributed by atoms with Gasteiger partial charge in [-0.15, -0.1) is 0 Å². The molecule has 1 heterocycles. The van der Waals surface area contributed by atoms with Crippen molar-refractivity contribution >= 4 is 5.91 Å². The van der Waals surface area contributed by atoms with Crippen LogP contribution in [0.3, 0.4) is 0 Å². The fourth-order valence-electron chi connectivity index (χ4n) is 3.60. The van der Waals surface area contributed by atoms with E-state index < -0.39 is 0 Å². The molecule has 0 radical (unpaired) electrons. The number of unbranched alkanes of at least 4 members (excludes halogenated alkanes) is 10. The van der Waals surface area contributed by atoms with Gasteiger partial charge in [0.15, 0.2) is 5.69 Å². The van der Waals surface area contributed by atoms with Gasteiger partial charge in [0, 0.05) is 6.54 Å². The molecule has 0 spiro atoms.